The minimum Gasteiger partial charge on any atom is -0.468 e. The number of methoxy groups -OCH3 is 1. The van der Waals surface area contributed by atoms with E-state index < -0.39 is 17.2 Å². The molecular formula is C11H12Cl2FNO2. The fraction of sp³-hybridized carbons (Fsp3) is 0.364. The van der Waals surface area contributed by atoms with Crippen molar-refractivity contribution in [2.75, 3.05) is 13.7 Å². The summed E-state index contributed by atoms with van der Waals surface area (Å²) in [5, 5.41) is 2.13. The van der Waals surface area contributed by atoms with Crippen LogP contribution in [-0.2, 0) is 16.1 Å². The van der Waals surface area contributed by atoms with Crippen LogP contribution in [0.5, 0.6) is 0 Å². The fourth-order valence-corrected chi connectivity index (χ4v) is 1.62. The van der Waals surface area contributed by atoms with Crippen molar-refractivity contribution in [2.24, 2.45) is 0 Å². The first kappa shape index (κ1) is 14.2. The SMILES string of the molecule is COC(=O)C(Cl)CNCc1cccc(Cl)c1F. The number of ether oxygens (including phenoxy) is 1. The quantitative estimate of drug-likeness (QED) is 0.664. The molecule has 0 radical (unpaired) electrons. The molecule has 0 bridgehead atoms. The molecule has 0 aliphatic rings. The van der Waals surface area contributed by atoms with Gasteiger partial charge in [0, 0.05) is 18.7 Å². The van der Waals surface area contributed by atoms with Crippen molar-refractivity contribution in [1.29, 1.82) is 0 Å². The van der Waals surface area contributed by atoms with Crippen LogP contribution in [0.1, 0.15) is 5.56 Å². The van der Waals surface area contributed by atoms with Gasteiger partial charge in [-0.1, -0.05) is 23.7 Å². The number of halogens is 3. The van der Waals surface area contributed by atoms with Gasteiger partial charge in [0.25, 0.3) is 0 Å². The van der Waals surface area contributed by atoms with Crippen LogP contribution in [0, 0.1) is 5.82 Å². The van der Waals surface area contributed by atoms with E-state index >= 15 is 0 Å². The van der Waals surface area contributed by atoms with Crippen molar-refractivity contribution in [3.63, 3.8) is 0 Å². The summed E-state index contributed by atoms with van der Waals surface area (Å²) >= 11 is 11.3. The van der Waals surface area contributed by atoms with Gasteiger partial charge < -0.3 is 10.1 Å². The molecule has 0 spiro atoms. The van der Waals surface area contributed by atoms with Gasteiger partial charge in [-0.2, -0.15) is 0 Å². The zero-order valence-corrected chi connectivity index (χ0v) is 10.7. The van der Waals surface area contributed by atoms with E-state index in [1.807, 2.05) is 0 Å². The van der Waals surface area contributed by atoms with Crippen LogP contribution in [0.15, 0.2) is 18.2 Å². The van der Waals surface area contributed by atoms with Crippen molar-refractivity contribution < 1.29 is 13.9 Å². The van der Waals surface area contributed by atoms with E-state index in [0.717, 1.165) is 0 Å². The van der Waals surface area contributed by atoms with E-state index in [9.17, 15) is 9.18 Å². The molecule has 1 unspecified atom stereocenters. The van der Waals surface area contributed by atoms with E-state index in [0.29, 0.717) is 5.56 Å². The number of carbonyl (C=O) groups is 1. The second-order valence-electron chi connectivity index (χ2n) is 3.33. The zero-order valence-electron chi connectivity index (χ0n) is 9.17. The first-order valence-corrected chi connectivity index (χ1v) is 5.73. The molecule has 0 aliphatic heterocycles. The van der Waals surface area contributed by atoms with E-state index in [2.05, 4.69) is 10.1 Å². The van der Waals surface area contributed by atoms with Gasteiger partial charge >= 0.3 is 5.97 Å². The summed E-state index contributed by atoms with van der Waals surface area (Å²) in [5.74, 6) is -0.989. The summed E-state index contributed by atoms with van der Waals surface area (Å²) in [6.07, 6.45) is 0. The van der Waals surface area contributed by atoms with Gasteiger partial charge in [0.2, 0.25) is 0 Å². The molecular weight excluding hydrogens is 268 g/mol. The minimum absolute atomic E-state index is 0.0692. The Morgan fingerprint density at radius 1 is 1.59 bits per heavy atom. The third-order valence-corrected chi connectivity index (χ3v) is 2.75. The van der Waals surface area contributed by atoms with Crippen LogP contribution in [0.2, 0.25) is 5.02 Å². The highest BCUT2D eigenvalue weighted by Crippen LogP contribution is 2.17. The van der Waals surface area contributed by atoms with Crippen LogP contribution in [0.25, 0.3) is 0 Å². The van der Waals surface area contributed by atoms with Gasteiger partial charge in [-0.3, -0.25) is 4.79 Å². The molecule has 0 amide bonds. The number of benzene rings is 1. The molecule has 0 fully saturated rings. The largest absolute Gasteiger partial charge is 0.468 e. The van der Waals surface area contributed by atoms with Crippen molar-refractivity contribution in [2.45, 2.75) is 11.9 Å². The van der Waals surface area contributed by atoms with Crippen molar-refractivity contribution in [3.8, 4) is 0 Å². The zero-order chi connectivity index (χ0) is 12.8. The standard InChI is InChI=1S/C11H12Cl2FNO2/c1-17-11(16)9(13)6-15-5-7-3-2-4-8(12)10(7)14/h2-4,9,15H,5-6H2,1H3. The molecule has 94 valence electrons. The van der Waals surface area contributed by atoms with Crippen LogP contribution < -0.4 is 5.32 Å². The van der Waals surface area contributed by atoms with Gasteiger partial charge in [0.15, 0.2) is 0 Å². The number of rotatable bonds is 5. The summed E-state index contributed by atoms with van der Waals surface area (Å²) < 4.78 is 17.9. The molecule has 6 heteroatoms. The summed E-state index contributed by atoms with van der Waals surface area (Å²) in [6, 6.07) is 4.73. The third kappa shape index (κ3) is 4.15. The average molecular weight is 280 g/mol. The van der Waals surface area contributed by atoms with Crippen LogP contribution in [0.3, 0.4) is 0 Å². The molecule has 1 atom stereocenters. The first-order valence-electron chi connectivity index (χ1n) is 4.91. The van der Waals surface area contributed by atoms with E-state index in [1.165, 1.54) is 13.2 Å². The Morgan fingerprint density at radius 3 is 2.94 bits per heavy atom. The molecule has 0 saturated heterocycles. The van der Waals surface area contributed by atoms with Gasteiger partial charge in [-0.25, -0.2) is 4.39 Å². The lowest BCUT2D eigenvalue weighted by Gasteiger charge is -2.09. The third-order valence-electron chi connectivity index (χ3n) is 2.13. The number of carbonyl (C=O) groups excluding carboxylic acids is 1. The number of nitrogens with one attached hydrogen (secondary N) is 1. The molecule has 1 aromatic rings. The van der Waals surface area contributed by atoms with Crippen LogP contribution >= 0.6 is 23.2 Å². The average Bonchev–Trinajstić information content (AvgIpc) is 2.33. The molecule has 17 heavy (non-hydrogen) atoms. The molecule has 3 nitrogen and oxygen atoms in total. The molecule has 1 aromatic carbocycles. The first-order chi connectivity index (χ1) is 8.06. The van der Waals surface area contributed by atoms with E-state index in [4.69, 9.17) is 23.2 Å². The van der Waals surface area contributed by atoms with Gasteiger partial charge in [-0.05, 0) is 6.07 Å². The predicted molar refractivity (Wildman–Crippen MR) is 64.8 cm³/mol. The lowest BCUT2D eigenvalue weighted by atomic mass is 10.2. The van der Waals surface area contributed by atoms with E-state index in [1.54, 1.807) is 12.1 Å². The summed E-state index contributed by atoms with van der Waals surface area (Å²) in [7, 11) is 1.26. The van der Waals surface area contributed by atoms with Crippen molar-refractivity contribution in [3.05, 3.63) is 34.6 Å². The molecule has 1 N–H and O–H groups in total. The summed E-state index contributed by atoms with van der Waals surface area (Å²) in [6.45, 7) is 0.437. The lowest BCUT2D eigenvalue weighted by Crippen LogP contribution is -2.30. The summed E-state index contributed by atoms with van der Waals surface area (Å²) in [5.41, 5.74) is 0.422. The van der Waals surface area contributed by atoms with Crippen molar-refractivity contribution >= 4 is 29.2 Å². The molecule has 0 heterocycles. The number of hydrogen-bond acceptors (Lipinski definition) is 3. The maximum absolute atomic E-state index is 13.5. The summed E-state index contributed by atoms with van der Waals surface area (Å²) in [4.78, 5) is 11.0. The topological polar surface area (TPSA) is 38.3 Å². The maximum atomic E-state index is 13.5. The predicted octanol–water partition coefficient (Wildman–Crippen LogP) is 2.35. The normalized spacial score (nSPS) is 12.2. The second-order valence-corrected chi connectivity index (χ2v) is 4.27. The Labute approximate surface area is 109 Å². The Hall–Kier alpha value is -0.840. The molecule has 0 aromatic heterocycles. The highest BCUT2D eigenvalue weighted by molar-refractivity contribution is 6.30. The van der Waals surface area contributed by atoms with Gasteiger partial charge in [0.05, 0.1) is 12.1 Å². The van der Waals surface area contributed by atoms with Crippen molar-refractivity contribution in [1.82, 2.24) is 5.32 Å². The monoisotopic (exact) mass is 279 g/mol. The fourth-order valence-electron chi connectivity index (χ4n) is 1.23. The number of hydrogen-bond donors (Lipinski definition) is 1. The lowest BCUT2D eigenvalue weighted by molar-refractivity contribution is -0.140. The Morgan fingerprint density at radius 2 is 2.29 bits per heavy atom. The van der Waals surface area contributed by atoms with E-state index in [-0.39, 0.29) is 18.1 Å². The molecule has 0 saturated carbocycles. The second kappa shape index (κ2) is 6.79. The number of esters is 1. The Kier molecular flexibility index (Phi) is 5.68. The highest BCUT2D eigenvalue weighted by atomic mass is 35.5. The highest BCUT2D eigenvalue weighted by Gasteiger charge is 2.15. The smallest absolute Gasteiger partial charge is 0.325 e. The molecule has 0 aliphatic carbocycles. The Bertz CT molecular complexity index is 401. The maximum Gasteiger partial charge on any atom is 0.325 e. The minimum atomic E-state index is -0.790. The van der Waals surface area contributed by atoms with Gasteiger partial charge in [0.1, 0.15) is 11.2 Å². The van der Waals surface area contributed by atoms with Crippen LogP contribution in [-0.4, -0.2) is 25.0 Å². The van der Waals surface area contributed by atoms with Gasteiger partial charge in [-0.15, -0.1) is 11.6 Å². The number of alkyl halides is 1. The molecule has 1 rings (SSSR count). The Balaban J connectivity index is 2.46. The van der Waals surface area contributed by atoms with Crippen LogP contribution in [0.4, 0.5) is 4.39 Å².